The minimum absolute atomic E-state index is 0.107. The third kappa shape index (κ3) is 3.55. The van der Waals surface area contributed by atoms with Crippen molar-refractivity contribution in [2.75, 3.05) is 31.3 Å². The van der Waals surface area contributed by atoms with Crippen LogP contribution >= 0.6 is 0 Å². The molecular formula is C26H23FN2O6. The number of fused-ring (bicyclic) bond motifs is 1. The number of hydrogen-bond acceptors (Lipinski definition) is 7. The second-order valence-electron chi connectivity index (χ2n) is 8.07. The van der Waals surface area contributed by atoms with E-state index >= 15 is 0 Å². The molecule has 2 aliphatic heterocycles. The van der Waals surface area contributed by atoms with Gasteiger partial charge in [-0.1, -0.05) is 30.3 Å². The molecule has 5 rings (SSSR count). The fourth-order valence-electron chi connectivity index (χ4n) is 4.68. The van der Waals surface area contributed by atoms with Crippen LogP contribution < -0.4 is 24.2 Å². The fraction of sp³-hybridized carbons (Fsp3) is 0.231. The molecule has 0 spiro atoms. The molecule has 9 heteroatoms. The van der Waals surface area contributed by atoms with E-state index in [-0.39, 0.29) is 5.69 Å². The summed E-state index contributed by atoms with van der Waals surface area (Å²) >= 11 is 0. The summed E-state index contributed by atoms with van der Waals surface area (Å²) in [5.41, 5.74) is 1.09. The number of rotatable bonds is 6. The molecule has 2 saturated heterocycles. The molecule has 0 N–H and O–H groups in total. The molecule has 2 aliphatic rings. The molecule has 0 radical (unpaired) electrons. The van der Waals surface area contributed by atoms with Crippen molar-refractivity contribution in [3.05, 3.63) is 78.1 Å². The van der Waals surface area contributed by atoms with Crippen molar-refractivity contribution in [1.82, 2.24) is 0 Å². The monoisotopic (exact) mass is 478 g/mol. The number of halogens is 1. The second kappa shape index (κ2) is 8.92. The average Bonchev–Trinajstić information content (AvgIpc) is 3.39. The summed E-state index contributed by atoms with van der Waals surface area (Å²) in [5, 5.41) is 1.54. The van der Waals surface area contributed by atoms with Crippen molar-refractivity contribution in [1.29, 1.82) is 0 Å². The summed E-state index contributed by atoms with van der Waals surface area (Å²) in [7, 11) is 4.51. The molecule has 35 heavy (non-hydrogen) atoms. The van der Waals surface area contributed by atoms with Gasteiger partial charge in [0.05, 0.1) is 32.7 Å². The number of hydrogen-bond donors (Lipinski definition) is 0. The maximum Gasteiger partial charge on any atom is 0.266 e. The molecule has 3 atom stereocenters. The SMILES string of the molecule is COc1cc(OC)c([C@H]2[C@@H]3C(=O)N(c4ccccc4F)C(=O)[C@H]3ON2c2ccccc2)cc1OC. The van der Waals surface area contributed by atoms with E-state index in [0.29, 0.717) is 28.5 Å². The predicted octanol–water partition coefficient (Wildman–Crippen LogP) is 3.90. The van der Waals surface area contributed by atoms with Gasteiger partial charge in [0.2, 0.25) is 5.91 Å². The van der Waals surface area contributed by atoms with Gasteiger partial charge in [-0.3, -0.25) is 14.4 Å². The van der Waals surface area contributed by atoms with Crippen molar-refractivity contribution >= 4 is 23.2 Å². The van der Waals surface area contributed by atoms with E-state index in [9.17, 15) is 14.0 Å². The minimum atomic E-state index is -1.15. The van der Waals surface area contributed by atoms with Gasteiger partial charge in [-0.15, -0.1) is 0 Å². The zero-order chi connectivity index (χ0) is 24.7. The van der Waals surface area contributed by atoms with Crippen molar-refractivity contribution in [2.24, 2.45) is 5.92 Å². The zero-order valence-electron chi connectivity index (χ0n) is 19.3. The van der Waals surface area contributed by atoms with E-state index in [1.807, 2.05) is 30.3 Å². The third-order valence-electron chi connectivity index (χ3n) is 6.27. The molecule has 8 nitrogen and oxygen atoms in total. The Morgan fingerprint density at radius 1 is 0.800 bits per heavy atom. The first-order chi connectivity index (χ1) is 17.0. The second-order valence-corrected chi connectivity index (χ2v) is 8.07. The smallest absolute Gasteiger partial charge is 0.266 e. The number of carbonyl (C=O) groups excluding carboxylic acids is 2. The van der Waals surface area contributed by atoms with Crippen LogP contribution in [0.15, 0.2) is 66.7 Å². The zero-order valence-corrected chi connectivity index (χ0v) is 19.3. The number of carbonyl (C=O) groups is 2. The molecular weight excluding hydrogens is 455 g/mol. The van der Waals surface area contributed by atoms with Crippen LogP contribution in [0.25, 0.3) is 0 Å². The first-order valence-electron chi connectivity index (χ1n) is 10.9. The van der Waals surface area contributed by atoms with Gasteiger partial charge in [-0.05, 0) is 30.3 Å². The van der Waals surface area contributed by atoms with Gasteiger partial charge in [-0.2, -0.15) is 0 Å². The van der Waals surface area contributed by atoms with Crippen LogP contribution in [0.3, 0.4) is 0 Å². The maximum atomic E-state index is 14.6. The number of nitrogens with zero attached hydrogens (tertiary/aromatic N) is 2. The number of para-hydroxylation sites is 2. The first-order valence-corrected chi connectivity index (χ1v) is 10.9. The summed E-state index contributed by atoms with van der Waals surface area (Å²) in [5.74, 6) is -1.55. The Morgan fingerprint density at radius 2 is 1.43 bits per heavy atom. The molecule has 3 aromatic carbocycles. The Bertz CT molecular complexity index is 1280. The van der Waals surface area contributed by atoms with Crippen molar-refractivity contribution < 1.29 is 33.0 Å². The van der Waals surface area contributed by atoms with E-state index in [2.05, 4.69) is 0 Å². The van der Waals surface area contributed by atoms with E-state index in [4.69, 9.17) is 19.0 Å². The minimum Gasteiger partial charge on any atom is -0.496 e. The number of imide groups is 1. The highest BCUT2D eigenvalue weighted by Crippen LogP contribution is 2.51. The molecule has 0 unspecified atom stereocenters. The van der Waals surface area contributed by atoms with Gasteiger partial charge in [0, 0.05) is 11.6 Å². The van der Waals surface area contributed by atoms with Gasteiger partial charge in [0.1, 0.15) is 23.5 Å². The quantitative estimate of drug-likeness (QED) is 0.498. The van der Waals surface area contributed by atoms with E-state index in [0.717, 1.165) is 4.90 Å². The highest BCUT2D eigenvalue weighted by Gasteiger charge is 2.61. The van der Waals surface area contributed by atoms with E-state index < -0.39 is 35.7 Å². The number of amides is 2. The molecule has 0 saturated carbocycles. The molecule has 0 aliphatic carbocycles. The summed E-state index contributed by atoms with van der Waals surface area (Å²) in [6, 6.07) is 17.4. The third-order valence-corrected chi connectivity index (χ3v) is 6.27. The molecule has 2 heterocycles. The topological polar surface area (TPSA) is 77.5 Å². The Labute approximate surface area is 201 Å². The largest absolute Gasteiger partial charge is 0.496 e. The van der Waals surface area contributed by atoms with Crippen LogP contribution in [0.2, 0.25) is 0 Å². The van der Waals surface area contributed by atoms with Crippen LogP contribution in [0.5, 0.6) is 17.2 Å². The lowest BCUT2D eigenvalue weighted by molar-refractivity contribution is -0.126. The molecule has 180 valence electrons. The van der Waals surface area contributed by atoms with Crippen LogP contribution in [0.4, 0.5) is 15.8 Å². The average molecular weight is 478 g/mol. The Kier molecular flexibility index (Phi) is 5.78. The fourth-order valence-corrected chi connectivity index (χ4v) is 4.68. The van der Waals surface area contributed by atoms with Gasteiger partial charge in [-0.25, -0.2) is 14.4 Å². The van der Waals surface area contributed by atoms with Crippen molar-refractivity contribution in [2.45, 2.75) is 12.1 Å². The summed E-state index contributed by atoms with van der Waals surface area (Å²) in [4.78, 5) is 34.1. The molecule has 0 bridgehead atoms. The van der Waals surface area contributed by atoms with Crippen LogP contribution in [0, 0.1) is 11.7 Å². The molecule has 0 aromatic heterocycles. The highest BCUT2D eigenvalue weighted by atomic mass is 19.1. The van der Waals surface area contributed by atoms with Gasteiger partial charge < -0.3 is 14.2 Å². The summed E-state index contributed by atoms with van der Waals surface area (Å²) in [6.45, 7) is 0. The number of anilines is 2. The van der Waals surface area contributed by atoms with E-state index in [1.54, 1.807) is 18.2 Å². The van der Waals surface area contributed by atoms with Gasteiger partial charge >= 0.3 is 0 Å². The Morgan fingerprint density at radius 3 is 2.09 bits per heavy atom. The predicted molar refractivity (Wildman–Crippen MR) is 125 cm³/mol. The first kappa shape index (κ1) is 22.7. The van der Waals surface area contributed by atoms with Crippen molar-refractivity contribution in [3.63, 3.8) is 0 Å². The van der Waals surface area contributed by atoms with E-state index in [1.165, 1.54) is 44.6 Å². The Balaban J connectivity index is 1.67. The van der Waals surface area contributed by atoms with Crippen molar-refractivity contribution in [3.8, 4) is 17.2 Å². The standard InChI is InChI=1S/C26H23FN2O6/c1-32-19-14-21(34-3)20(33-2)13-16(19)23-22-24(35-29(23)15-9-5-4-6-10-15)26(31)28(25(22)30)18-12-8-7-11-17(18)27/h4-14,22-24H,1-3H3/t22-,23-,24-/m0/s1. The number of benzene rings is 3. The lowest BCUT2D eigenvalue weighted by Gasteiger charge is -2.30. The lowest BCUT2D eigenvalue weighted by Crippen LogP contribution is -2.38. The summed E-state index contributed by atoms with van der Waals surface area (Å²) < 4.78 is 31.1. The van der Waals surface area contributed by atoms with Gasteiger partial charge in [0.15, 0.2) is 17.6 Å². The normalized spacial score (nSPS) is 21.3. The van der Waals surface area contributed by atoms with Crippen LogP contribution in [-0.2, 0) is 14.4 Å². The lowest BCUT2D eigenvalue weighted by atomic mass is 9.89. The number of hydroxylamine groups is 1. The molecule has 2 fully saturated rings. The molecule has 2 amide bonds. The molecule has 3 aromatic rings. The summed E-state index contributed by atoms with van der Waals surface area (Å²) in [6.07, 6.45) is -1.15. The van der Waals surface area contributed by atoms with Crippen LogP contribution in [0.1, 0.15) is 11.6 Å². The number of ether oxygens (including phenoxy) is 3. The maximum absolute atomic E-state index is 14.6. The van der Waals surface area contributed by atoms with Gasteiger partial charge in [0.25, 0.3) is 5.91 Å². The number of methoxy groups -OCH3 is 3. The highest BCUT2D eigenvalue weighted by molar-refractivity contribution is 6.24. The van der Waals surface area contributed by atoms with Crippen LogP contribution in [-0.4, -0.2) is 39.2 Å². The Hall–Kier alpha value is -4.11.